The number of nitrogens with one attached hydrogen (secondary N) is 3. The van der Waals surface area contributed by atoms with E-state index in [2.05, 4.69) is 31.9 Å². The Morgan fingerprint density at radius 1 is 0.900 bits per heavy atom. The second-order valence-electron chi connectivity index (χ2n) is 6.05. The smallest absolute Gasteiger partial charge is 0.258 e. The lowest BCUT2D eigenvalue weighted by atomic mass is 10.2. The van der Waals surface area contributed by atoms with E-state index >= 15 is 0 Å². The zero-order chi connectivity index (χ0) is 21.7. The van der Waals surface area contributed by atoms with E-state index < -0.39 is 11.7 Å². The summed E-state index contributed by atoms with van der Waals surface area (Å²) in [7, 11) is 0. The van der Waals surface area contributed by atoms with Gasteiger partial charge in [-0.05, 0) is 76.7 Å². The summed E-state index contributed by atoms with van der Waals surface area (Å²) < 4.78 is 13.9. The van der Waals surface area contributed by atoms with Gasteiger partial charge in [0.1, 0.15) is 5.82 Å². The number of amides is 2. The van der Waals surface area contributed by atoms with Crippen molar-refractivity contribution < 1.29 is 14.0 Å². The number of thiocarbonyl (C=S) groups is 1. The Balaban J connectivity index is 1.65. The number of hydrogen-bond donors (Lipinski definition) is 3. The molecule has 2 amide bonds. The molecule has 0 atom stereocenters. The van der Waals surface area contributed by atoms with Crippen LogP contribution in [0.4, 0.5) is 15.8 Å². The summed E-state index contributed by atoms with van der Waals surface area (Å²) in [5.74, 6) is -1.36. The van der Waals surface area contributed by atoms with Gasteiger partial charge < -0.3 is 10.6 Å². The fourth-order valence-corrected chi connectivity index (χ4v) is 3.35. The van der Waals surface area contributed by atoms with Crippen molar-refractivity contribution in [1.29, 1.82) is 0 Å². The van der Waals surface area contributed by atoms with Crippen LogP contribution in [0, 0.1) is 5.82 Å². The summed E-state index contributed by atoms with van der Waals surface area (Å²) in [6, 6.07) is 17.4. The van der Waals surface area contributed by atoms with Crippen molar-refractivity contribution in [2.45, 2.75) is 0 Å². The van der Waals surface area contributed by atoms with Crippen LogP contribution in [-0.2, 0) is 0 Å². The molecule has 0 fully saturated rings. The normalized spacial score (nSPS) is 10.2. The number of carbonyl (C=O) groups is 2. The third-order valence-electron chi connectivity index (χ3n) is 3.91. The lowest BCUT2D eigenvalue weighted by Crippen LogP contribution is -2.34. The summed E-state index contributed by atoms with van der Waals surface area (Å²) >= 11 is 14.2. The molecular weight excluding hydrogens is 493 g/mol. The van der Waals surface area contributed by atoms with E-state index in [-0.39, 0.29) is 16.0 Å². The Bertz CT molecular complexity index is 1140. The van der Waals surface area contributed by atoms with E-state index in [1.165, 1.54) is 18.2 Å². The molecule has 152 valence electrons. The largest absolute Gasteiger partial charge is 0.332 e. The zero-order valence-electron chi connectivity index (χ0n) is 15.2. The van der Waals surface area contributed by atoms with Crippen LogP contribution in [0.1, 0.15) is 20.7 Å². The van der Waals surface area contributed by atoms with E-state index in [1.807, 2.05) is 0 Å². The molecule has 0 aliphatic carbocycles. The highest BCUT2D eigenvalue weighted by Crippen LogP contribution is 2.20. The monoisotopic (exact) mass is 505 g/mol. The van der Waals surface area contributed by atoms with Crippen molar-refractivity contribution in [3.63, 3.8) is 0 Å². The van der Waals surface area contributed by atoms with Crippen molar-refractivity contribution in [3.05, 3.63) is 93.2 Å². The van der Waals surface area contributed by atoms with Crippen molar-refractivity contribution in [2.75, 3.05) is 10.6 Å². The fraction of sp³-hybridized carbons (Fsp3) is 0. The molecule has 5 nitrogen and oxygen atoms in total. The van der Waals surface area contributed by atoms with Crippen LogP contribution in [0.2, 0.25) is 5.02 Å². The molecule has 3 aromatic rings. The van der Waals surface area contributed by atoms with Crippen LogP contribution in [-0.4, -0.2) is 16.9 Å². The Labute approximate surface area is 190 Å². The Morgan fingerprint density at radius 3 is 2.37 bits per heavy atom. The predicted molar refractivity (Wildman–Crippen MR) is 124 cm³/mol. The molecule has 30 heavy (non-hydrogen) atoms. The van der Waals surface area contributed by atoms with Gasteiger partial charge in [-0.15, -0.1) is 0 Å². The van der Waals surface area contributed by atoms with Crippen LogP contribution < -0.4 is 16.0 Å². The van der Waals surface area contributed by atoms with E-state index in [4.69, 9.17) is 23.8 Å². The number of rotatable bonds is 4. The SMILES string of the molecule is O=C(Nc1ccc(F)c(Cl)c1)c1cccc(NC(=S)NC(=O)c2ccccc2Br)c1. The molecule has 0 unspecified atom stereocenters. The van der Waals surface area contributed by atoms with E-state index in [1.54, 1.807) is 48.5 Å². The van der Waals surface area contributed by atoms with Gasteiger partial charge in [0.05, 0.1) is 10.6 Å². The number of carbonyl (C=O) groups excluding carboxylic acids is 2. The summed E-state index contributed by atoms with van der Waals surface area (Å²) in [5, 5.41) is 8.09. The Morgan fingerprint density at radius 2 is 1.63 bits per heavy atom. The molecule has 0 aliphatic rings. The number of halogens is 3. The van der Waals surface area contributed by atoms with Gasteiger partial charge in [0.15, 0.2) is 5.11 Å². The quantitative estimate of drug-likeness (QED) is 0.402. The average Bonchev–Trinajstić information content (AvgIpc) is 2.71. The van der Waals surface area contributed by atoms with E-state index in [9.17, 15) is 14.0 Å². The minimum atomic E-state index is -0.570. The first kappa shape index (κ1) is 21.9. The van der Waals surface area contributed by atoms with Crippen LogP contribution in [0.3, 0.4) is 0 Å². The first-order chi connectivity index (χ1) is 14.3. The summed E-state index contributed by atoms with van der Waals surface area (Å²) in [6.45, 7) is 0. The predicted octanol–water partition coefficient (Wildman–Crippen LogP) is 5.62. The standard InChI is InChI=1S/C21H14BrClFN3O2S/c22-16-7-2-1-6-15(16)20(29)27-21(30)26-13-5-3-4-12(10-13)19(28)25-14-8-9-18(24)17(23)11-14/h1-11H,(H,25,28)(H2,26,27,29,30). The maximum absolute atomic E-state index is 13.3. The minimum Gasteiger partial charge on any atom is -0.332 e. The maximum Gasteiger partial charge on any atom is 0.258 e. The molecule has 3 rings (SSSR count). The zero-order valence-corrected chi connectivity index (χ0v) is 18.4. The first-order valence-electron chi connectivity index (χ1n) is 8.57. The second kappa shape index (κ2) is 9.80. The molecule has 3 aromatic carbocycles. The molecule has 0 aliphatic heterocycles. The number of benzene rings is 3. The van der Waals surface area contributed by atoms with Crippen molar-refractivity contribution in [2.24, 2.45) is 0 Å². The molecule has 3 N–H and O–H groups in total. The van der Waals surface area contributed by atoms with Crippen molar-refractivity contribution >= 4 is 68.1 Å². The van der Waals surface area contributed by atoms with Gasteiger partial charge in [0.2, 0.25) is 0 Å². The van der Waals surface area contributed by atoms with Gasteiger partial charge in [-0.25, -0.2) is 4.39 Å². The molecular formula is C21H14BrClFN3O2S. The third kappa shape index (κ3) is 5.63. The van der Waals surface area contributed by atoms with Crippen LogP contribution in [0.15, 0.2) is 71.2 Å². The van der Waals surface area contributed by atoms with Gasteiger partial charge in [-0.1, -0.05) is 29.8 Å². The molecule has 0 spiro atoms. The Kier molecular flexibility index (Phi) is 7.15. The van der Waals surface area contributed by atoms with Crippen LogP contribution in [0.25, 0.3) is 0 Å². The van der Waals surface area contributed by atoms with E-state index in [0.717, 1.165) is 0 Å². The van der Waals surface area contributed by atoms with Crippen molar-refractivity contribution in [1.82, 2.24) is 5.32 Å². The van der Waals surface area contributed by atoms with Gasteiger partial charge in [-0.3, -0.25) is 14.9 Å². The van der Waals surface area contributed by atoms with Gasteiger partial charge in [0, 0.05) is 21.4 Å². The second-order valence-corrected chi connectivity index (χ2v) is 7.72. The molecule has 0 radical (unpaired) electrons. The highest BCUT2D eigenvalue weighted by atomic mass is 79.9. The topological polar surface area (TPSA) is 70.2 Å². The van der Waals surface area contributed by atoms with Gasteiger partial charge >= 0.3 is 0 Å². The van der Waals surface area contributed by atoms with E-state index in [0.29, 0.717) is 27.0 Å². The number of anilines is 2. The highest BCUT2D eigenvalue weighted by Gasteiger charge is 2.12. The summed E-state index contributed by atoms with van der Waals surface area (Å²) in [5.41, 5.74) is 1.64. The van der Waals surface area contributed by atoms with Crippen LogP contribution >= 0.6 is 39.7 Å². The van der Waals surface area contributed by atoms with Gasteiger partial charge in [-0.2, -0.15) is 0 Å². The minimum absolute atomic E-state index is 0.0821. The summed E-state index contributed by atoms with van der Waals surface area (Å²) in [6.07, 6.45) is 0. The van der Waals surface area contributed by atoms with Gasteiger partial charge in [0.25, 0.3) is 11.8 Å². The lowest BCUT2D eigenvalue weighted by molar-refractivity contribution is 0.0975. The lowest BCUT2D eigenvalue weighted by Gasteiger charge is -2.12. The summed E-state index contributed by atoms with van der Waals surface area (Å²) in [4.78, 5) is 24.8. The first-order valence-corrected chi connectivity index (χ1v) is 10.1. The van der Waals surface area contributed by atoms with Crippen LogP contribution in [0.5, 0.6) is 0 Å². The molecule has 0 heterocycles. The molecule has 0 saturated carbocycles. The fourth-order valence-electron chi connectivity index (χ4n) is 2.49. The maximum atomic E-state index is 13.3. The Hall–Kier alpha value is -2.81. The third-order valence-corrected chi connectivity index (χ3v) is 5.09. The molecule has 9 heteroatoms. The number of hydrogen-bond acceptors (Lipinski definition) is 3. The average molecular weight is 507 g/mol. The molecule has 0 bridgehead atoms. The van der Waals surface area contributed by atoms with Crippen molar-refractivity contribution in [3.8, 4) is 0 Å². The molecule has 0 saturated heterocycles. The molecule has 0 aromatic heterocycles. The highest BCUT2D eigenvalue weighted by molar-refractivity contribution is 9.10.